The third-order valence-electron chi connectivity index (χ3n) is 4.74. The number of hydrogen-bond acceptors (Lipinski definition) is 4. The number of carbonyl (C=O) groups excluding carboxylic acids is 1. The number of carbonyl (C=O) groups is 1. The van der Waals surface area contributed by atoms with Gasteiger partial charge in [-0.25, -0.2) is 9.19 Å². The number of benzene rings is 2. The molecular formula is C23H27N3O3S2. The maximum absolute atomic E-state index is 12.8. The molecule has 0 radical (unpaired) electrons. The van der Waals surface area contributed by atoms with Crippen LogP contribution in [0.25, 0.3) is 11.3 Å². The lowest BCUT2D eigenvalue weighted by Crippen LogP contribution is -2.38. The lowest BCUT2D eigenvalue weighted by Gasteiger charge is -2.23. The maximum Gasteiger partial charge on any atom is 0.259 e. The first-order valence-corrected chi connectivity index (χ1v) is 11.9. The highest BCUT2D eigenvalue weighted by Crippen LogP contribution is 2.32. The van der Waals surface area contributed by atoms with E-state index in [-0.39, 0.29) is 11.9 Å². The highest BCUT2D eigenvalue weighted by Gasteiger charge is 2.27. The Hall–Kier alpha value is -2.55. The van der Waals surface area contributed by atoms with Crippen molar-refractivity contribution in [2.45, 2.75) is 40.2 Å². The van der Waals surface area contributed by atoms with E-state index in [0.29, 0.717) is 12.1 Å². The molecule has 0 spiro atoms. The molecule has 1 unspecified atom stereocenters. The van der Waals surface area contributed by atoms with Crippen molar-refractivity contribution >= 4 is 34.2 Å². The summed E-state index contributed by atoms with van der Waals surface area (Å²) in [4.78, 5) is 18.8. The van der Waals surface area contributed by atoms with Crippen molar-refractivity contribution in [2.24, 2.45) is 5.41 Å². The molecule has 1 amide bonds. The molecule has 2 aromatic carbocycles. The van der Waals surface area contributed by atoms with E-state index >= 15 is 0 Å². The van der Waals surface area contributed by atoms with Gasteiger partial charge in [0.2, 0.25) is 5.91 Å². The maximum atomic E-state index is 12.8. The molecule has 8 heteroatoms. The standard InChI is InChI=1S/C23H27N3O3S2/c1-15-20(17-8-6-5-7-9-17)25-21(30-15)19(24-22(27)23(2,3)4)14-16-10-12-18(13-11-16)26-31(28)29/h5-13,19,26H,14H2,1-4H3,(H,24,27)(H,28,29)/t19-/m0/s1. The molecule has 1 aromatic heterocycles. The largest absolute Gasteiger partial charge is 0.346 e. The predicted molar refractivity (Wildman–Crippen MR) is 127 cm³/mol. The molecule has 0 aliphatic heterocycles. The number of amides is 1. The zero-order valence-electron chi connectivity index (χ0n) is 18.0. The number of nitrogens with one attached hydrogen (secondary N) is 2. The van der Waals surface area contributed by atoms with Crippen LogP contribution in [0, 0.1) is 12.3 Å². The van der Waals surface area contributed by atoms with Gasteiger partial charge in [0.1, 0.15) is 5.01 Å². The van der Waals surface area contributed by atoms with Gasteiger partial charge in [0.25, 0.3) is 11.3 Å². The van der Waals surface area contributed by atoms with Gasteiger partial charge >= 0.3 is 0 Å². The summed E-state index contributed by atoms with van der Waals surface area (Å²) in [6.45, 7) is 7.70. The molecule has 0 aliphatic carbocycles. The van der Waals surface area contributed by atoms with E-state index in [1.54, 1.807) is 23.5 Å². The monoisotopic (exact) mass is 457 g/mol. The topological polar surface area (TPSA) is 91.3 Å². The van der Waals surface area contributed by atoms with Crippen LogP contribution in [-0.2, 0) is 22.5 Å². The van der Waals surface area contributed by atoms with Gasteiger partial charge in [-0.15, -0.1) is 11.3 Å². The molecule has 31 heavy (non-hydrogen) atoms. The van der Waals surface area contributed by atoms with E-state index < -0.39 is 16.7 Å². The summed E-state index contributed by atoms with van der Waals surface area (Å²) in [6, 6.07) is 17.0. The molecule has 2 atom stereocenters. The average Bonchev–Trinajstić information content (AvgIpc) is 3.10. The summed E-state index contributed by atoms with van der Waals surface area (Å²) >= 11 is -0.526. The Morgan fingerprint density at radius 3 is 2.35 bits per heavy atom. The van der Waals surface area contributed by atoms with Crippen molar-refractivity contribution in [2.75, 3.05) is 4.72 Å². The molecular weight excluding hydrogens is 430 g/mol. The molecule has 0 bridgehead atoms. The minimum absolute atomic E-state index is 0.0411. The van der Waals surface area contributed by atoms with Crippen LogP contribution in [0.15, 0.2) is 54.6 Å². The first kappa shape index (κ1) is 23.1. The molecule has 0 aliphatic rings. The summed E-state index contributed by atoms with van der Waals surface area (Å²) in [5.74, 6) is -0.0411. The molecule has 3 aromatic rings. The molecule has 1 heterocycles. The van der Waals surface area contributed by atoms with E-state index in [1.165, 1.54) is 0 Å². The minimum Gasteiger partial charge on any atom is -0.346 e. The van der Waals surface area contributed by atoms with Gasteiger partial charge < -0.3 is 5.32 Å². The zero-order valence-corrected chi connectivity index (χ0v) is 19.6. The van der Waals surface area contributed by atoms with Crippen LogP contribution < -0.4 is 10.0 Å². The number of nitrogens with zero attached hydrogens (tertiary/aromatic N) is 1. The minimum atomic E-state index is -2.11. The second kappa shape index (κ2) is 9.72. The fourth-order valence-electron chi connectivity index (χ4n) is 3.05. The summed E-state index contributed by atoms with van der Waals surface area (Å²) < 4.78 is 22.3. The Morgan fingerprint density at radius 1 is 1.13 bits per heavy atom. The lowest BCUT2D eigenvalue weighted by atomic mass is 9.94. The highest BCUT2D eigenvalue weighted by atomic mass is 32.2. The van der Waals surface area contributed by atoms with Crippen LogP contribution in [0.5, 0.6) is 0 Å². The third kappa shape index (κ3) is 6.22. The molecule has 164 valence electrons. The Kier molecular flexibility index (Phi) is 7.25. The fourth-order valence-corrected chi connectivity index (χ4v) is 4.38. The second-order valence-corrected chi connectivity index (χ2v) is 10.3. The van der Waals surface area contributed by atoms with Crippen molar-refractivity contribution < 1.29 is 13.6 Å². The summed E-state index contributed by atoms with van der Waals surface area (Å²) in [5.41, 5.74) is 3.00. The average molecular weight is 458 g/mol. The van der Waals surface area contributed by atoms with Crippen LogP contribution in [0.1, 0.15) is 42.3 Å². The van der Waals surface area contributed by atoms with Crippen LogP contribution in [0.4, 0.5) is 5.69 Å². The summed E-state index contributed by atoms with van der Waals surface area (Å²) in [6.07, 6.45) is 0.561. The quantitative estimate of drug-likeness (QED) is 0.430. The van der Waals surface area contributed by atoms with Crippen LogP contribution >= 0.6 is 11.3 Å². The van der Waals surface area contributed by atoms with Crippen molar-refractivity contribution in [3.8, 4) is 11.3 Å². The van der Waals surface area contributed by atoms with Crippen LogP contribution in [0.2, 0.25) is 0 Å². The van der Waals surface area contributed by atoms with Gasteiger partial charge in [0, 0.05) is 21.5 Å². The normalized spacial score (nSPS) is 13.5. The highest BCUT2D eigenvalue weighted by molar-refractivity contribution is 7.80. The van der Waals surface area contributed by atoms with E-state index in [2.05, 4.69) is 10.0 Å². The van der Waals surface area contributed by atoms with Crippen molar-refractivity contribution in [1.29, 1.82) is 0 Å². The van der Waals surface area contributed by atoms with Crippen LogP contribution in [0.3, 0.4) is 0 Å². The number of anilines is 1. The van der Waals surface area contributed by atoms with Gasteiger partial charge in [-0.2, -0.15) is 0 Å². The van der Waals surface area contributed by atoms with Gasteiger partial charge in [-0.3, -0.25) is 14.1 Å². The molecule has 0 saturated heterocycles. The Labute approximate surface area is 189 Å². The predicted octanol–water partition coefficient (Wildman–Crippen LogP) is 5.11. The number of aryl methyl sites for hydroxylation is 1. The molecule has 0 saturated carbocycles. The van der Waals surface area contributed by atoms with Crippen molar-refractivity contribution in [1.82, 2.24) is 10.3 Å². The smallest absolute Gasteiger partial charge is 0.259 e. The SMILES string of the molecule is Cc1sc([C@H](Cc2ccc(NS(=O)O)cc2)NC(=O)C(C)(C)C)nc1-c1ccccc1. The van der Waals surface area contributed by atoms with Crippen LogP contribution in [-0.4, -0.2) is 19.7 Å². The van der Waals surface area contributed by atoms with E-state index in [9.17, 15) is 9.00 Å². The Bertz CT molecular complexity index is 1060. The second-order valence-electron chi connectivity index (χ2n) is 8.35. The molecule has 3 N–H and O–H groups in total. The lowest BCUT2D eigenvalue weighted by molar-refractivity contribution is -0.129. The van der Waals surface area contributed by atoms with Gasteiger partial charge in [0.15, 0.2) is 0 Å². The first-order valence-electron chi connectivity index (χ1n) is 9.93. The molecule has 0 fully saturated rings. The third-order valence-corrected chi connectivity index (χ3v) is 6.24. The molecule has 6 nitrogen and oxygen atoms in total. The Balaban J connectivity index is 1.90. The summed E-state index contributed by atoms with van der Waals surface area (Å²) in [7, 11) is 0. The van der Waals surface area contributed by atoms with E-state index in [0.717, 1.165) is 26.7 Å². The number of rotatable bonds is 7. The number of aromatic nitrogens is 1. The van der Waals surface area contributed by atoms with Gasteiger partial charge in [0.05, 0.1) is 11.7 Å². The van der Waals surface area contributed by atoms with Crippen molar-refractivity contribution in [3.05, 3.63) is 70.0 Å². The number of hydrogen-bond donors (Lipinski definition) is 3. The van der Waals surface area contributed by atoms with E-state index in [4.69, 9.17) is 9.54 Å². The van der Waals surface area contributed by atoms with Crippen molar-refractivity contribution in [3.63, 3.8) is 0 Å². The zero-order chi connectivity index (χ0) is 22.6. The number of thiazole rings is 1. The van der Waals surface area contributed by atoms with Gasteiger partial charge in [-0.1, -0.05) is 63.2 Å². The van der Waals surface area contributed by atoms with Gasteiger partial charge in [-0.05, 0) is 31.0 Å². The fraction of sp³-hybridized carbons (Fsp3) is 0.304. The molecule has 3 rings (SSSR count). The Morgan fingerprint density at radius 2 is 1.77 bits per heavy atom. The van der Waals surface area contributed by atoms with E-state index in [1.807, 2.05) is 70.2 Å². The first-order chi connectivity index (χ1) is 14.6. The summed E-state index contributed by atoms with van der Waals surface area (Å²) in [5, 5.41) is 4.02.